The maximum atomic E-state index is 12.8. The second kappa shape index (κ2) is 33.6. The van der Waals surface area contributed by atoms with E-state index in [1.165, 1.54) is 0 Å². The molecule has 0 aliphatic heterocycles. The topological polar surface area (TPSA) is 394 Å². The number of benzene rings is 2. The summed E-state index contributed by atoms with van der Waals surface area (Å²) < 4.78 is 118. The van der Waals surface area contributed by atoms with Crippen molar-refractivity contribution in [3.63, 3.8) is 0 Å². The lowest BCUT2D eigenvalue weighted by Gasteiger charge is -2.24. The summed E-state index contributed by atoms with van der Waals surface area (Å²) in [6, 6.07) is 18.0. The number of amidine groups is 1. The Morgan fingerprint density at radius 1 is 0.610 bits per heavy atom. The van der Waals surface area contributed by atoms with Crippen LogP contribution in [0.3, 0.4) is 0 Å². The number of hydrogen-bond donors (Lipinski definition) is 9. The standard InChI is InChI=1S/C49H74N8O17S3/c1-49(2,20-10-12-26-74-44-32-38(36-15-5-3-6-16-36)31-40(55-44)37-17-7-4-8-18-37)48(51)54-21-11-9-19-43(58)52-22-13-24-71-27-29-73-30-28-72-25-14-23-53-46(60)41(34-76(65,66)67)57-47(61)42(35-77(68,69)70)56-45(59)39(50)33-75(62,63)64/h3-8,15-18,31-32,39,41-42H,9-14,19-30,33-35,50H2,1-2H3,(H2,51,54)(H,52,58)(H,53,60)(H,56,59)(H,57,61)(H,62,63,64)(H,65,66,67)(H,68,69,70)/t39-,41-,42?/m0/s1. The van der Waals surface area contributed by atoms with Crippen molar-refractivity contribution in [2.75, 3.05) is 83.1 Å². The molecule has 1 unspecified atom stereocenters. The second-order valence-electron chi connectivity index (χ2n) is 18.4. The van der Waals surface area contributed by atoms with E-state index in [1.807, 2.05) is 59.9 Å². The zero-order chi connectivity index (χ0) is 56.9. The lowest BCUT2D eigenvalue weighted by Crippen LogP contribution is -2.59. The quantitative estimate of drug-likeness (QED) is 0.0169. The molecule has 430 valence electrons. The summed E-state index contributed by atoms with van der Waals surface area (Å²) >= 11 is 0. The first-order chi connectivity index (χ1) is 36.3. The van der Waals surface area contributed by atoms with E-state index >= 15 is 0 Å². The van der Waals surface area contributed by atoms with Crippen LogP contribution in [0, 0.1) is 5.41 Å². The van der Waals surface area contributed by atoms with Gasteiger partial charge in [-0.15, -0.1) is 0 Å². The Labute approximate surface area is 450 Å². The van der Waals surface area contributed by atoms with Gasteiger partial charge >= 0.3 is 0 Å². The molecule has 1 aromatic heterocycles. The first kappa shape index (κ1) is 65.6. The third kappa shape index (κ3) is 29.0. The van der Waals surface area contributed by atoms with Crippen molar-refractivity contribution in [2.24, 2.45) is 21.9 Å². The van der Waals surface area contributed by atoms with Crippen molar-refractivity contribution in [1.82, 2.24) is 26.3 Å². The van der Waals surface area contributed by atoms with Crippen molar-refractivity contribution in [3.8, 4) is 28.3 Å². The highest BCUT2D eigenvalue weighted by atomic mass is 32.2. The molecule has 3 aromatic rings. The number of nitrogens with two attached hydrogens (primary N) is 2. The number of carbonyl (C=O) groups excluding carboxylic acids is 4. The molecule has 0 aliphatic carbocycles. The number of nitrogens with zero attached hydrogens (tertiary/aromatic N) is 2. The Hall–Kier alpha value is -5.69. The zero-order valence-electron chi connectivity index (χ0n) is 43.3. The molecule has 0 spiro atoms. The normalized spacial score (nSPS) is 13.5. The van der Waals surface area contributed by atoms with Crippen molar-refractivity contribution in [3.05, 3.63) is 72.8 Å². The van der Waals surface area contributed by atoms with E-state index in [9.17, 15) is 53.5 Å². The fourth-order valence-corrected chi connectivity index (χ4v) is 9.02. The molecule has 28 heteroatoms. The van der Waals surface area contributed by atoms with Gasteiger partial charge in [-0.05, 0) is 62.1 Å². The maximum absolute atomic E-state index is 12.8. The van der Waals surface area contributed by atoms with Gasteiger partial charge in [0.1, 0.15) is 29.6 Å². The molecule has 0 saturated heterocycles. The average molecular weight is 1140 g/mol. The highest BCUT2D eigenvalue weighted by molar-refractivity contribution is 7.86. The van der Waals surface area contributed by atoms with Crippen molar-refractivity contribution < 1.29 is 77.0 Å². The fourth-order valence-electron chi connectivity index (χ4n) is 7.10. The van der Waals surface area contributed by atoms with Crippen LogP contribution in [0.4, 0.5) is 0 Å². The van der Waals surface area contributed by atoms with Gasteiger partial charge in [-0.1, -0.05) is 74.5 Å². The molecule has 0 aliphatic rings. The van der Waals surface area contributed by atoms with Gasteiger partial charge in [-0.2, -0.15) is 25.3 Å². The number of rotatable bonds is 39. The van der Waals surface area contributed by atoms with Gasteiger partial charge in [0.2, 0.25) is 29.5 Å². The summed E-state index contributed by atoms with van der Waals surface area (Å²) in [6.45, 7) is 7.03. The number of aromatic nitrogens is 1. The molecule has 4 amide bonds. The van der Waals surface area contributed by atoms with Crippen LogP contribution in [0.1, 0.15) is 65.2 Å². The first-order valence-corrected chi connectivity index (χ1v) is 29.7. The summed E-state index contributed by atoms with van der Waals surface area (Å²) in [5.41, 5.74) is 15.5. The fraction of sp³-hybridized carbons (Fsp3) is 0.551. The smallest absolute Gasteiger partial charge is 0.267 e. The largest absolute Gasteiger partial charge is 0.478 e. The molecule has 25 nitrogen and oxygen atoms in total. The first-order valence-electron chi connectivity index (χ1n) is 24.9. The number of hydrogen-bond acceptors (Lipinski definition) is 17. The summed E-state index contributed by atoms with van der Waals surface area (Å²) in [5.74, 6) is -7.26. The van der Waals surface area contributed by atoms with E-state index in [0.717, 1.165) is 48.1 Å². The van der Waals surface area contributed by atoms with Crippen LogP contribution in [0.2, 0.25) is 0 Å². The van der Waals surface area contributed by atoms with Crippen molar-refractivity contribution in [1.29, 1.82) is 0 Å². The summed E-state index contributed by atoms with van der Waals surface area (Å²) in [7, 11) is -14.8. The summed E-state index contributed by atoms with van der Waals surface area (Å²) in [6.07, 6.45) is 5.12. The van der Waals surface area contributed by atoms with Gasteiger partial charge in [0.05, 0.1) is 50.3 Å². The number of ether oxygens (including phenoxy) is 4. The highest BCUT2D eigenvalue weighted by Gasteiger charge is 2.34. The molecule has 0 bridgehead atoms. The van der Waals surface area contributed by atoms with Gasteiger partial charge in [-0.25, -0.2) is 4.98 Å². The van der Waals surface area contributed by atoms with Crippen LogP contribution in [-0.4, -0.2) is 175 Å². The Morgan fingerprint density at radius 2 is 1.13 bits per heavy atom. The van der Waals surface area contributed by atoms with E-state index in [4.69, 9.17) is 40.0 Å². The minimum atomic E-state index is -5.03. The van der Waals surface area contributed by atoms with Gasteiger partial charge in [0.15, 0.2) is 0 Å². The average Bonchev–Trinajstić information content (AvgIpc) is 3.35. The van der Waals surface area contributed by atoms with Crippen molar-refractivity contribution >= 4 is 59.8 Å². The maximum Gasteiger partial charge on any atom is 0.267 e. The SMILES string of the molecule is CC(C)(CCCCOc1cc(-c2ccccc2)cc(-c2ccccc2)n1)C(N)=NCCCCC(=O)NCCCOCCOCCOCCCNC(=O)[C@H](CS(=O)(=O)O)NC(=O)C(CS(=O)(=O)O)NC(=O)[C@@H](N)CS(=O)(=O)O. The van der Waals surface area contributed by atoms with E-state index in [2.05, 4.69) is 47.7 Å². The third-order valence-electron chi connectivity index (χ3n) is 11.3. The monoisotopic (exact) mass is 1140 g/mol. The van der Waals surface area contributed by atoms with E-state index in [-0.39, 0.29) is 50.7 Å². The predicted molar refractivity (Wildman–Crippen MR) is 287 cm³/mol. The zero-order valence-corrected chi connectivity index (χ0v) is 45.8. The lowest BCUT2D eigenvalue weighted by molar-refractivity contribution is -0.131. The summed E-state index contributed by atoms with van der Waals surface area (Å²) in [5, 5.41) is 8.78. The van der Waals surface area contributed by atoms with E-state index in [0.29, 0.717) is 63.9 Å². The number of nitrogens with one attached hydrogen (secondary N) is 4. The number of pyridine rings is 1. The lowest BCUT2D eigenvalue weighted by atomic mass is 9.86. The summed E-state index contributed by atoms with van der Waals surface area (Å²) in [4.78, 5) is 59.6. The molecule has 1 heterocycles. The molecule has 0 radical (unpaired) electrons. The Kier molecular flexibility index (Phi) is 28.6. The second-order valence-corrected chi connectivity index (χ2v) is 22.9. The molecule has 3 atom stereocenters. The van der Waals surface area contributed by atoms with Crippen LogP contribution in [-0.2, 0) is 63.7 Å². The van der Waals surface area contributed by atoms with Gasteiger partial charge in [0, 0.05) is 56.3 Å². The highest BCUT2D eigenvalue weighted by Crippen LogP contribution is 2.29. The third-order valence-corrected chi connectivity index (χ3v) is 13.5. The number of carbonyl (C=O) groups is 4. The van der Waals surface area contributed by atoms with E-state index in [1.54, 1.807) is 5.32 Å². The molecule has 2 aromatic carbocycles. The number of aliphatic imine (C=N–C) groups is 1. The molecule has 0 saturated carbocycles. The molecule has 11 N–H and O–H groups in total. The predicted octanol–water partition coefficient (Wildman–Crippen LogP) is 1.54. The molecule has 3 rings (SSSR count). The molecule has 0 fully saturated rings. The minimum Gasteiger partial charge on any atom is -0.478 e. The number of unbranched alkanes of at least 4 members (excludes halogenated alkanes) is 2. The molecular formula is C49H74N8O17S3. The molecular weight excluding hydrogens is 1070 g/mol. The number of amides is 4. The van der Waals surface area contributed by atoms with Crippen LogP contribution in [0.5, 0.6) is 5.88 Å². The Morgan fingerprint density at radius 3 is 1.70 bits per heavy atom. The van der Waals surface area contributed by atoms with Crippen LogP contribution < -0.4 is 37.5 Å². The van der Waals surface area contributed by atoms with Gasteiger partial charge in [0.25, 0.3) is 30.4 Å². The minimum absolute atomic E-state index is 0.0563. The van der Waals surface area contributed by atoms with Gasteiger partial charge < -0.3 is 51.7 Å². The molecule has 77 heavy (non-hydrogen) atoms. The van der Waals surface area contributed by atoms with Gasteiger partial charge in [-0.3, -0.25) is 37.8 Å². The van der Waals surface area contributed by atoms with Crippen LogP contribution in [0.25, 0.3) is 22.4 Å². The van der Waals surface area contributed by atoms with Crippen LogP contribution in [0.15, 0.2) is 77.8 Å². The van der Waals surface area contributed by atoms with Crippen molar-refractivity contribution in [2.45, 2.75) is 83.3 Å². The Bertz CT molecular complexity index is 2630. The Balaban J connectivity index is 1.20. The van der Waals surface area contributed by atoms with Crippen LogP contribution >= 0.6 is 0 Å². The van der Waals surface area contributed by atoms with E-state index < -0.39 is 83.5 Å².